The summed E-state index contributed by atoms with van der Waals surface area (Å²) < 4.78 is 7.16. The minimum atomic E-state index is -0.189. The number of anilines is 2. The van der Waals surface area contributed by atoms with E-state index in [9.17, 15) is 5.11 Å². The molecule has 1 aliphatic carbocycles. The number of hydrogen-bond acceptors (Lipinski definition) is 7. The fourth-order valence-corrected chi connectivity index (χ4v) is 3.61. The normalized spacial score (nSPS) is 23.9. The second kappa shape index (κ2) is 6.33. The Bertz CT molecular complexity index is 909. The highest BCUT2D eigenvalue weighted by Crippen LogP contribution is 2.30. The molecule has 2 fully saturated rings. The van der Waals surface area contributed by atoms with E-state index in [-0.39, 0.29) is 12.1 Å². The molecule has 2 aliphatic rings. The molecular formula is C17H21N7O2. The van der Waals surface area contributed by atoms with E-state index in [1.165, 1.54) is 0 Å². The van der Waals surface area contributed by atoms with E-state index in [2.05, 4.69) is 25.6 Å². The van der Waals surface area contributed by atoms with Crippen LogP contribution in [0.25, 0.3) is 11.2 Å². The molecule has 1 saturated carbocycles. The Kier molecular flexibility index (Phi) is 3.83. The smallest absolute Gasteiger partial charge is 0.179 e. The molecule has 5 rings (SSSR count). The van der Waals surface area contributed by atoms with Crippen LogP contribution in [0.1, 0.15) is 43.3 Å². The molecule has 0 unspecified atom stereocenters. The third kappa shape index (κ3) is 2.82. The van der Waals surface area contributed by atoms with Crippen LogP contribution in [-0.2, 0) is 4.74 Å². The second-order valence-corrected chi connectivity index (χ2v) is 7.08. The number of aliphatic hydroxyl groups excluding tert-OH is 1. The molecule has 4 heterocycles. The van der Waals surface area contributed by atoms with Crippen LogP contribution in [0.3, 0.4) is 0 Å². The van der Waals surface area contributed by atoms with Gasteiger partial charge < -0.3 is 15.2 Å². The van der Waals surface area contributed by atoms with Crippen molar-refractivity contribution in [2.75, 3.05) is 18.5 Å². The van der Waals surface area contributed by atoms with Gasteiger partial charge in [0, 0.05) is 17.7 Å². The van der Waals surface area contributed by atoms with Crippen LogP contribution in [0.15, 0.2) is 18.5 Å². The lowest BCUT2D eigenvalue weighted by atomic mass is 9.93. The molecule has 1 saturated heterocycles. The average molecular weight is 355 g/mol. The highest BCUT2D eigenvalue weighted by Gasteiger charge is 2.24. The van der Waals surface area contributed by atoms with E-state index in [0.29, 0.717) is 17.6 Å². The first-order chi connectivity index (χ1) is 12.8. The molecule has 0 amide bonds. The van der Waals surface area contributed by atoms with Crippen LogP contribution in [-0.4, -0.2) is 54.4 Å². The molecule has 3 aromatic heterocycles. The van der Waals surface area contributed by atoms with Gasteiger partial charge >= 0.3 is 0 Å². The number of nitrogens with one attached hydrogen (secondary N) is 2. The summed E-state index contributed by atoms with van der Waals surface area (Å²) in [7, 11) is 0. The van der Waals surface area contributed by atoms with Crippen molar-refractivity contribution in [3.8, 4) is 0 Å². The number of aliphatic hydroxyl groups is 1. The summed E-state index contributed by atoms with van der Waals surface area (Å²) in [6.45, 7) is 1.48. The van der Waals surface area contributed by atoms with Crippen LogP contribution in [0.4, 0.5) is 11.6 Å². The summed E-state index contributed by atoms with van der Waals surface area (Å²) in [5, 5.41) is 24.8. The van der Waals surface area contributed by atoms with Crippen molar-refractivity contribution in [2.45, 2.75) is 43.7 Å². The molecule has 0 atom stereocenters. The Morgan fingerprint density at radius 2 is 2.00 bits per heavy atom. The van der Waals surface area contributed by atoms with E-state index in [1.807, 2.05) is 10.7 Å². The van der Waals surface area contributed by atoms with Gasteiger partial charge in [-0.3, -0.25) is 5.10 Å². The lowest BCUT2D eigenvalue weighted by Gasteiger charge is -2.25. The molecular weight excluding hydrogens is 334 g/mol. The van der Waals surface area contributed by atoms with E-state index >= 15 is 0 Å². The third-order valence-corrected chi connectivity index (χ3v) is 5.25. The number of aromatic nitrogens is 6. The Balaban J connectivity index is 1.38. The van der Waals surface area contributed by atoms with Crippen LogP contribution >= 0.6 is 0 Å². The van der Waals surface area contributed by atoms with Gasteiger partial charge in [0.05, 0.1) is 37.8 Å². The zero-order chi connectivity index (χ0) is 17.5. The second-order valence-electron chi connectivity index (χ2n) is 7.08. The lowest BCUT2D eigenvalue weighted by molar-refractivity contribution is 0.00670. The third-order valence-electron chi connectivity index (χ3n) is 5.25. The van der Waals surface area contributed by atoms with E-state index in [1.54, 1.807) is 12.4 Å². The Morgan fingerprint density at radius 3 is 2.77 bits per heavy atom. The first-order valence-electron chi connectivity index (χ1n) is 9.04. The standard InChI is InChI=1S/C17H21N7O2/c25-12-3-1-11(2-4-12)24-17-14(6-19-24)18-7-16(21-17)20-15-5-13(22-23-15)10-8-26-9-10/h5-7,10-12,25H,1-4,8-9H2,(H2,20,21,22,23). The van der Waals surface area contributed by atoms with Gasteiger partial charge in [0.15, 0.2) is 17.3 Å². The molecule has 1 aliphatic heterocycles. The first-order valence-corrected chi connectivity index (χ1v) is 9.04. The monoisotopic (exact) mass is 355 g/mol. The number of H-pyrrole nitrogens is 1. The Morgan fingerprint density at radius 1 is 1.15 bits per heavy atom. The maximum Gasteiger partial charge on any atom is 0.179 e. The van der Waals surface area contributed by atoms with E-state index in [0.717, 1.165) is 55.8 Å². The highest BCUT2D eigenvalue weighted by molar-refractivity contribution is 5.72. The maximum absolute atomic E-state index is 9.72. The van der Waals surface area contributed by atoms with Crippen molar-refractivity contribution in [1.29, 1.82) is 0 Å². The molecule has 0 spiro atoms. The van der Waals surface area contributed by atoms with Crippen LogP contribution in [0, 0.1) is 0 Å². The SMILES string of the molecule is OC1CCC(n2ncc3ncc(Nc4cc(C5COC5)[nH]n4)nc32)CC1. The van der Waals surface area contributed by atoms with Crippen molar-refractivity contribution >= 4 is 22.8 Å². The topological polar surface area (TPSA) is 114 Å². The molecule has 26 heavy (non-hydrogen) atoms. The summed E-state index contributed by atoms with van der Waals surface area (Å²) in [6.07, 6.45) is 6.68. The van der Waals surface area contributed by atoms with Crippen LogP contribution in [0.2, 0.25) is 0 Å². The Hall–Kier alpha value is -2.52. The fourth-order valence-electron chi connectivity index (χ4n) is 3.61. The van der Waals surface area contributed by atoms with Crippen molar-refractivity contribution in [1.82, 2.24) is 29.9 Å². The molecule has 3 N–H and O–H groups in total. The first kappa shape index (κ1) is 15.7. The molecule has 136 valence electrons. The lowest BCUT2D eigenvalue weighted by Crippen LogP contribution is -2.25. The molecule has 9 nitrogen and oxygen atoms in total. The number of rotatable bonds is 4. The van der Waals surface area contributed by atoms with Gasteiger partial charge in [0.2, 0.25) is 0 Å². The minimum Gasteiger partial charge on any atom is -0.393 e. The van der Waals surface area contributed by atoms with Crippen molar-refractivity contribution in [2.24, 2.45) is 0 Å². The fraction of sp³-hybridized carbons (Fsp3) is 0.529. The summed E-state index contributed by atoms with van der Waals surface area (Å²) >= 11 is 0. The number of ether oxygens (including phenoxy) is 1. The molecule has 3 aromatic rings. The predicted molar refractivity (Wildman–Crippen MR) is 94.3 cm³/mol. The molecule has 9 heteroatoms. The number of fused-ring (bicyclic) bond motifs is 1. The summed E-state index contributed by atoms with van der Waals surface area (Å²) in [5.74, 6) is 1.75. The zero-order valence-corrected chi connectivity index (χ0v) is 14.3. The number of nitrogens with zero attached hydrogens (tertiary/aromatic N) is 5. The van der Waals surface area contributed by atoms with E-state index < -0.39 is 0 Å². The summed E-state index contributed by atoms with van der Waals surface area (Å²) in [4.78, 5) is 9.16. The van der Waals surface area contributed by atoms with Gasteiger partial charge in [-0.25, -0.2) is 14.6 Å². The number of aromatic amines is 1. The van der Waals surface area contributed by atoms with Crippen molar-refractivity contribution in [3.05, 3.63) is 24.2 Å². The highest BCUT2D eigenvalue weighted by atomic mass is 16.5. The average Bonchev–Trinajstić information content (AvgIpc) is 3.21. The van der Waals surface area contributed by atoms with E-state index in [4.69, 9.17) is 9.72 Å². The maximum atomic E-state index is 9.72. The number of hydrogen-bond donors (Lipinski definition) is 3. The molecule has 0 radical (unpaired) electrons. The quantitative estimate of drug-likeness (QED) is 0.655. The van der Waals surface area contributed by atoms with Gasteiger partial charge in [0.1, 0.15) is 5.52 Å². The van der Waals surface area contributed by atoms with Gasteiger partial charge in [-0.1, -0.05) is 0 Å². The van der Waals surface area contributed by atoms with Crippen molar-refractivity contribution in [3.63, 3.8) is 0 Å². The Labute approximate surface area is 149 Å². The largest absolute Gasteiger partial charge is 0.393 e. The zero-order valence-electron chi connectivity index (χ0n) is 14.3. The molecule has 0 bridgehead atoms. The van der Waals surface area contributed by atoms with Crippen LogP contribution in [0.5, 0.6) is 0 Å². The predicted octanol–water partition coefficient (Wildman–Crippen LogP) is 1.88. The summed E-state index contributed by atoms with van der Waals surface area (Å²) in [6, 6.07) is 2.25. The molecule has 0 aromatic carbocycles. The van der Waals surface area contributed by atoms with Gasteiger partial charge in [-0.05, 0) is 25.7 Å². The minimum absolute atomic E-state index is 0.189. The van der Waals surface area contributed by atoms with Crippen LogP contribution < -0.4 is 5.32 Å². The van der Waals surface area contributed by atoms with Gasteiger partial charge in [-0.2, -0.15) is 10.2 Å². The van der Waals surface area contributed by atoms with Gasteiger partial charge in [-0.15, -0.1) is 0 Å². The summed E-state index contributed by atoms with van der Waals surface area (Å²) in [5.41, 5.74) is 2.61. The van der Waals surface area contributed by atoms with Gasteiger partial charge in [0.25, 0.3) is 0 Å². The van der Waals surface area contributed by atoms with Crippen molar-refractivity contribution < 1.29 is 9.84 Å².